The van der Waals surface area contributed by atoms with Crippen molar-refractivity contribution in [2.75, 3.05) is 6.61 Å². The molecule has 0 bridgehead atoms. The van der Waals surface area contributed by atoms with Crippen molar-refractivity contribution in [3.05, 3.63) is 113 Å². The van der Waals surface area contributed by atoms with Crippen LogP contribution in [0.25, 0.3) is 22.3 Å². The monoisotopic (exact) mass is 527 g/mol. The normalized spacial score (nSPS) is 15.3. The van der Waals surface area contributed by atoms with E-state index in [1.165, 1.54) is 6.07 Å². The average Bonchev–Trinajstić information content (AvgIpc) is 3.58. The largest absolute Gasteiger partial charge is 0.473 e. The molecule has 1 unspecified atom stereocenters. The smallest absolute Gasteiger partial charge is 0.214 e. The van der Waals surface area contributed by atoms with E-state index in [-0.39, 0.29) is 11.9 Å². The Morgan fingerprint density at radius 1 is 0.974 bits per heavy atom. The third-order valence-corrected chi connectivity index (χ3v) is 7.12. The zero-order chi connectivity index (χ0) is 25.9. The van der Waals surface area contributed by atoms with E-state index in [0.29, 0.717) is 40.8 Å². The summed E-state index contributed by atoms with van der Waals surface area (Å²) in [6, 6.07) is 26.3. The second kappa shape index (κ2) is 10.9. The Balaban J connectivity index is 1.21. The van der Waals surface area contributed by atoms with Gasteiger partial charge in [-0.05, 0) is 60.4 Å². The molecule has 7 heteroatoms. The fourth-order valence-corrected chi connectivity index (χ4v) is 5.00. The zero-order valence-corrected chi connectivity index (χ0v) is 21.6. The van der Waals surface area contributed by atoms with Crippen molar-refractivity contribution >= 4 is 22.6 Å². The summed E-state index contributed by atoms with van der Waals surface area (Å²) in [4.78, 5) is 9.42. The van der Waals surface area contributed by atoms with Crippen LogP contribution in [-0.4, -0.2) is 27.2 Å². The number of imidazole rings is 1. The van der Waals surface area contributed by atoms with Crippen molar-refractivity contribution in [2.45, 2.75) is 38.5 Å². The lowest BCUT2D eigenvalue weighted by Gasteiger charge is -2.15. The molecule has 38 heavy (non-hydrogen) atoms. The van der Waals surface area contributed by atoms with Crippen molar-refractivity contribution in [3.8, 4) is 17.1 Å². The maximum Gasteiger partial charge on any atom is 0.214 e. The zero-order valence-electron chi connectivity index (χ0n) is 20.8. The van der Waals surface area contributed by atoms with Gasteiger partial charge in [0.25, 0.3) is 0 Å². The SMILES string of the molecule is Fc1cc(-c2cccc(OCc3ccc(Cl)cc3)n2)ccc1Cc1nc2ccccc2n1CC1CCCO1. The van der Waals surface area contributed by atoms with Gasteiger partial charge in [-0.3, -0.25) is 0 Å². The Morgan fingerprint density at radius 3 is 2.66 bits per heavy atom. The average molecular weight is 528 g/mol. The first kappa shape index (κ1) is 24.6. The molecule has 0 spiro atoms. The molecule has 2 aromatic heterocycles. The molecule has 6 rings (SSSR count). The Labute approximate surface area is 225 Å². The number of halogens is 2. The van der Waals surface area contributed by atoms with Crippen LogP contribution in [0.5, 0.6) is 5.88 Å². The summed E-state index contributed by atoms with van der Waals surface area (Å²) in [5.74, 6) is 1.03. The summed E-state index contributed by atoms with van der Waals surface area (Å²) >= 11 is 5.95. The van der Waals surface area contributed by atoms with E-state index in [9.17, 15) is 0 Å². The Bertz CT molecular complexity index is 1560. The highest BCUT2D eigenvalue weighted by atomic mass is 35.5. The van der Waals surface area contributed by atoms with Crippen molar-refractivity contribution in [1.29, 1.82) is 0 Å². The molecule has 1 saturated heterocycles. The highest BCUT2D eigenvalue weighted by Gasteiger charge is 2.20. The summed E-state index contributed by atoms with van der Waals surface area (Å²) in [5.41, 5.74) is 4.88. The standard InChI is InChI=1S/C31H27ClFN3O2/c32-24-14-10-21(11-15-24)20-38-31-9-3-7-27(35-31)23-13-12-22(26(33)17-23)18-30-34-28-6-1-2-8-29(28)36(30)19-25-5-4-16-37-25/h1-3,6-15,17,25H,4-5,16,18-20H2. The molecular weight excluding hydrogens is 501 g/mol. The van der Waals surface area contributed by atoms with Gasteiger partial charge >= 0.3 is 0 Å². The van der Waals surface area contributed by atoms with Crippen molar-refractivity contribution in [3.63, 3.8) is 0 Å². The Hall–Kier alpha value is -3.74. The first-order valence-corrected chi connectivity index (χ1v) is 13.2. The maximum atomic E-state index is 15.4. The van der Waals surface area contributed by atoms with Crippen LogP contribution in [0.4, 0.5) is 4.39 Å². The topological polar surface area (TPSA) is 49.2 Å². The lowest BCUT2D eigenvalue weighted by molar-refractivity contribution is 0.0973. The molecule has 5 nitrogen and oxygen atoms in total. The molecule has 1 aliphatic heterocycles. The molecule has 5 aromatic rings. The molecule has 1 fully saturated rings. The van der Waals surface area contributed by atoms with Gasteiger partial charge in [-0.2, -0.15) is 0 Å². The van der Waals surface area contributed by atoms with Gasteiger partial charge < -0.3 is 14.0 Å². The number of hydrogen-bond acceptors (Lipinski definition) is 4. The number of fused-ring (bicyclic) bond motifs is 1. The van der Waals surface area contributed by atoms with Gasteiger partial charge in [0.1, 0.15) is 18.2 Å². The minimum absolute atomic E-state index is 0.166. The van der Waals surface area contributed by atoms with Crippen LogP contribution in [0.15, 0.2) is 84.9 Å². The van der Waals surface area contributed by atoms with Gasteiger partial charge in [0, 0.05) is 29.7 Å². The van der Waals surface area contributed by atoms with Gasteiger partial charge in [-0.1, -0.05) is 54.1 Å². The second-order valence-electron chi connectivity index (χ2n) is 9.52. The molecule has 0 radical (unpaired) electrons. The maximum absolute atomic E-state index is 15.4. The number of para-hydroxylation sites is 2. The van der Waals surface area contributed by atoms with Crippen LogP contribution < -0.4 is 4.74 Å². The number of nitrogens with zero attached hydrogens (tertiary/aromatic N) is 3. The molecule has 3 aromatic carbocycles. The quantitative estimate of drug-likeness (QED) is 0.213. The van der Waals surface area contributed by atoms with E-state index >= 15 is 4.39 Å². The molecule has 0 N–H and O–H groups in total. The fraction of sp³-hybridized carbons (Fsp3) is 0.226. The van der Waals surface area contributed by atoms with Crippen LogP contribution in [0.3, 0.4) is 0 Å². The van der Waals surface area contributed by atoms with Crippen molar-refractivity contribution in [1.82, 2.24) is 14.5 Å². The molecule has 1 aliphatic rings. The predicted molar refractivity (Wildman–Crippen MR) is 147 cm³/mol. The first-order chi connectivity index (χ1) is 18.6. The minimum atomic E-state index is -0.285. The van der Waals surface area contributed by atoms with E-state index in [4.69, 9.17) is 26.1 Å². The number of ether oxygens (including phenoxy) is 2. The highest BCUT2D eigenvalue weighted by molar-refractivity contribution is 6.30. The van der Waals surface area contributed by atoms with E-state index in [0.717, 1.165) is 48.4 Å². The summed E-state index contributed by atoms with van der Waals surface area (Å²) in [6.45, 7) is 1.89. The fourth-order valence-electron chi connectivity index (χ4n) is 4.87. The molecule has 0 aliphatic carbocycles. The van der Waals surface area contributed by atoms with Crippen molar-refractivity contribution < 1.29 is 13.9 Å². The molecule has 192 valence electrons. The number of rotatable bonds is 8. The highest BCUT2D eigenvalue weighted by Crippen LogP contribution is 2.26. The second-order valence-corrected chi connectivity index (χ2v) is 9.96. The molecular formula is C31H27ClFN3O2. The summed E-state index contributed by atoms with van der Waals surface area (Å²) in [5, 5.41) is 0.680. The number of benzene rings is 3. The van der Waals surface area contributed by atoms with Gasteiger partial charge in [0.2, 0.25) is 5.88 Å². The van der Waals surface area contributed by atoms with E-state index in [1.807, 2.05) is 66.7 Å². The van der Waals surface area contributed by atoms with Gasteiger partial charge in [-0.25, -0.2) is 14.4 Å². The van der Waals surface area contributed by atoms with Crippen LogP contribution in [0, 0.1) is 5.82 Å². The molecule has 0 amide bonds. The molecule has 0 saturated carbocycles. The van der Waals surface area contributed by atoms with Crippen LogP contribution in [-0.2, 0) is 24.3 Å². The van der Waals surface area contributed by atoms with E-state index < -0.39 is 0 Å². The number of hydrogen-bond donors (Lipinski definition) is 0. The summed E-state index contributed by atoms with van der Waals surface area (Å²) in [7, 11) is 0. The third kappa shape index (κ3) is 5.42. The summed E-state index contributed by atoms with van der Waals surface area (Å²) < 4.78 is 29.3. The summed E-state index contributed by atoms with van der Waals surface area (Å²) in [6.07, 6.45) is 2.67. The predicted octanol–water partition coefficient (Wildman–Crippen LogP) is 7.24. The van der Waals surface area contributed by atoms with Crippen LogP contribution >= 0.6 is 11.6 Å². The van der Waals surface area contributed by atoms with Gasteiger partial charge in [0.15, 0.2) is 0 Å². The van der Waals surface area contributed by atoms with Crippen LogP contribution in [0.2, 0.25) is 5.02 Å². The Morgan fingerprint density at radius 2 is 1.84 bits per heavy atom. The lowest BCUT2D eigenvalue weighted by atomic mass is 10.1. The van der Waals surface area contributed by atoms with Crippen LogP contribution in [0.1, 0.15) is 29.8 Å². The van der Waals surface area contributed by atoms with Gasteiger partial charge in [-0.15, -0.1) is 0 Å². The van der Waals surface area contributed by atoms with E-state index in [1.54, 1.807) is 6.07 Å². The Kier molecular flexibility index (Phi) is 7.08. The van der Waals surface area contributed by atoms with Crippen molar-refractivity contribution in [2.24, 2.45) is 0 Å². The molecule has 1 atom stereocenters. The minimum Gasteiger partial charge on any atom is -0.473 e. The first-order valence-electron chi connectivity index (χ1n) is 12.8. The number of pyridine rings is 1. The van der Waals surface area contributed by atoms with Gasteiger partial charge in [0.05, 0.1) is 29.4 Å². The lowest BCUT2D eigenvalue weighted by Crippen LogP contribution is -2.17. The number of aromatic nitrogens is 3. The van der Waals surface area contributed by atoms with E-state index in [2.05, 4.69) is 15.6 Å². The molecule has 3 heterocycles. The third-order valence-electron chi connectivity index (χ3n) is 6.86.